The van der Waals surface area contributed by atoms with Crippen LogP contribution in [0.3, 0.4) is 0 Å². The molecule has 2 bridgehead atoms. The summed E-state index contributed by atoms with van der Waals surface area (Å²) in [5, 5.41) is 0. The number of anilines is 1. The molecule has 3 rings (SSSR count). The first-order valence-electron chi connectivity index (χ1n) is 6.53. The zero-order valence-electron chi connectivity index (χ0n) is 10.0. The molecule has 2 aliphatic rings. The minimum Gasteiger partial charge on any atom is -0.366 e. The van der Waals surface area contributed by atoms with Gasteiger partial charge in [-0.1, -0.05) is 12.1 Å². The highest BCUT2D eigenvalue weighted by atomic mass is 19.1. The Bertz CT molecular complexity index is 419. The van der Waals surface area contributed by atoms with Gasteiger partial charge >= 0.3 is 0 Å². The van der Waals surface area contributed by atoms with Crippen LogP contribution in [0.2, 0.25) is 0 Å². The monoisotopic (exact) mass is 234 g/mol. The lowest BCUT2D eigenvalue weighted by atomic mass is 10.0. The maximum atomic E-state index is 14.1. The van der Waals surface area contributed by atoms with Gasteiger partial charge in [-0.25, -0.2) is 4.39 Å². The third-order valence-corrected chi connectivity index (χ3v) is 4.18. The molecule has 1 aromatic rings. The highest BCUT2D eigenvalue weighted by Crippen LogP contribution is 2.42. The van der Waals surface area contributed by atoms with E-state index in [1.165, 1.54) is 19.3 Å². The van der Waals surface area contributed by atoms with E-state index in [9.17, 15) is 4.39 Å². The van der Waals surface area contributed by atoms with Crippen LogP contribution >= 0.6 is 0 Å². The van der Waals surface area contributed by atoms with Gasteiger partial charge in [-0.3, -0.25) is 0 Å². The van der Waals surface area contributed by atoms with Crippen molar-refractivity contribution in [2.24, 2.45) is 11.7 Å². The van der Waals surface area contributed by atoms with Crippen LogP contribution in [0.5, 0.6) is 0 Å². The second-order valence-electron chi connectivity index (χ2n) is 5.27. The molecule has 1 saturated carbocycles. The zero-order chi connectivity index (χ0) is 11.8. The van der Waals surface area contributed by atoms with Crippen LogP contribution < -0.4 is 10.6 Å². The normalized spacial score (nSPS) is 26.8. The third kappa shape index (κ3) is 1.82. The number of fused-ring (bicyclic) bond motifs is 2. The van der Waals surface area contributed by atoms with E-state index < -0.39 is 0 Å². The quantitative estimate of drug-likeness (QED) is 0.869. The van der Waals surface area contributed by atoms with E-state index in [1.54, 1.807) is 12.1 Å². The smallest absolute Gasteiger partial charge is 0.146 e. The molecule has 1 saturated heterocycles. The molecule has 1 aliphatic heterocycles. The van der Waals surface area contributed by atoms with Gasteiger partial charge in [0, 0.05) is 12.6 Å². The van der Waals surface area contributed by atoms with E-state index >= 15 is 0 Å². The first-order valence-corrected chi connectivity index (χ1v) is 6.53. The van der Waals surface area contributed by atoms with Gasteiger partial charge in [-0.2, -0.15) is 0 Å². The van der Waals surface area contributed by atoms with Crippen molar-refractivity contribution in [3.05, 3.63) is 29.6 Å². The van der Waals surface area contributed by atoms with Crippen LogP contribution in [0.25, 0.3) is 0 Å². The Morgan fingerprint density at radius 3 is 2.88 bits per heavy atom. The van der Waals surface area contributed by atoms with Crippen molar-refractivity contribution in [2.45, 2.75) is 31.7 Å². The number of halogens is 1. The van der Waals surface area contributed by atoms with E-state index in [1.807, 2.05) is 6.07 Å². The Kier molecular flexibility index (Phi) is 2.79. The lowest BCUT2D eigenvalue weighted by molar-refractivity contribution is 0.538. The van der Waals surface area contributed by atoms with Crippen molar-refractivity contribution in [3.8, 4) is 0 Å². The summed E-state index contributed by atoms with van der Waals surface area (Å²) in [5.74, 6) is 0.703. The Labute approximate surface area is 102 Å². The molecule has 2 fully saturated rings. The van der Waals surface area contributed by atoms with E-state index in [0.717, 1.165) is 30.1 Å². The first kappa shape index (κ1) is 11.0. The van der Waals surface area contributed by atoms with Crippen LogP contribution in [0.15, 0.2) is 18.2 Å². The van der Waals surface area contributed by atoms with Gasteiger partial charge in [0.15, 0.2) is 0 Å². The summed E-state index contributed by atoms with van der Waals surface area (Å²) in [5.41, 5.74) is 7.51. The van der Waals surface area contributed by atoms with E-state index in [-0.39, 0.29) is 5.82 Å². The van der Waals surface area contributed by atoms with Gasteiger partial charge in [0.2, 0.25) is 0 Å². The van der Waals surface area contributed by atoms with Crippen LogP contribution in [-0.2, 0) is 6.42 Å². The minimum atomic E-state index is -0.0801. The fourth-order valence-corrected chi connectivity index (χ4v) is 3.44. The molecule has 2 nitrogen and oxygen atoms in total. The average molecular weight is 234 g/mol. The van der Waals surface area contributed by atoms with Gasteiger partial charge in [-0.15, -0.1) is 0 Å². The second-order valence-corrected chi connectivity index (χ2v) is 5.27. The Hall–Kier alpha value is -1.09. The number of piperidine rings is 1. The van der Waals surface area contributed by atoms with Gasteiger partial charge < -0.3 is 10.6 Å². The lowest BCUT2D eigenvalue weighted by Crippen LogP contribution is -2.33. The van der Waals surface area contributed by atoms with Gasteiger partial charge in [0.25, 0.3) is 0 Å². The molecule has 2 atom stereocenters. The molecule has 92 valence electrons. The summed E-state index contributed by atoms with van der Waals surface area (Å²) in [6.07, 6.45) is 4.56. The summed E-state index contributed by atoms with van der Waals surface area (Å²) in [6.45, 7) is 1.61. The number of hydrogen-bond acceptors (Lipinski definition) is 2. The van der Waals surface area contributed by atoms with Crippen LogP contribution in [-0.4, -0.2) is 19.1 Å². The fourth-order valence-electron chi connectivity index (χ4n) is 3.44. The number of hydrogen-bond donors (Lipinski definition) is 1. The predicted molar refractivity (Wildman–Crippen MR) is 67.6 cm³/mol. The minimum absolute atomic E-state index is 0.0801. The van der Waals surface area contributed by atoms with Crippen molar-refractivity contribution in [1.82, 2.24) is 0 Å². The highest BCUT2D eigenvalue weighted by molar-refractivity contribution is 5.57. The standard InChI is InChI=1S/C14H19FN2/c15-13-3-1-2-11(6-7-16)14(13)17-9-10-4-5-12(17)8-10/h1-3,10,12H,4-9,16H2. The van der Waals surface area contributed by atoms with Crippen molar-refractivity contribution in [3.63, 3.8) is 0 Å². The Morgan fingerprint density at radius 2 is 2.24 bits per heavy atom. The molecule has 0 radical (unpaired) electrons. The fraction of sp³-hybridized carbons (Fsp3) is 0.571. The summed E-state index contributed by atoms with van der Waals surface area (Å²) < 4.78 is 14.1. The summed E-state index contributed by atoms with van der Waals surface area (Å²) >= 11 is 0. The number of nitrogens with two attached hydrogens (primary N) is 1. The van der Waals surface area contributed by atoms with Crippen LogP contribution in [0.1, 0.15) is 24.8 Å². The van der Waals surface area contributed by atoms with E-state index in [4.69, 9.17) is 5.73 Å². The van der Waals surface area contributed by atoms with Crippen molar-refractivity contribution >= 4 is 5.69 Å². The molecule has 17 heavy (non-hydrogen) atoms. The summed E-state index contributed by atoms with van der Waals surface area (Å²) in [6, 6.07) is 5.94. The number of nitrogens with zero attached hydrogens (tertiary/aromatic N) is 1. The number of para-hydroxylation sites is 1. The lowest BCUT2D eigenvalue weighted by Gasteiger charge is -2.31. The van der Waals surface area contributed by atoms with Gasteiger partial charge in [0.1, 0.15) is 5.82 Å². The summed E-state index contributed by atoms with van der Waals surface area (Å²) in [7, 11) is 0. The van der Waals surface area contributed by atoms with Crippen molar-refractivity contribution < 1.29 is 4.39 Å². The topological polar surface area (TPSA) is 29.3 Å². The SMILES string of the molecule is NCCc1cccc(F)c1N1CC2CCC1C2. The van der Waals surface area contributed by atoms with Crippen LogP contribution in [0, 0.1) is 11.7 Å². The molecule has 2 unspecified atom stereocenters. The maximum absolute atomic E-state index is 14.1. The van der Waals surface area contributed by atoms with Crippen LogP contribution in [0.4, 0.5) is 10.1 Å². The molecule has 1 aromatic carbocycles. The zero-order valence-corrected chi connectivity index (χ0v) is 10.0. The Morgan fingerprint density at radius 1 is 1.35 bits per heavy atom. The van der Waals surface area contributed by atoms with E-state index in [0.29, 0.717) is 12.6 Å². The van der Waals surface area contributed by atoms with Gasteiger partial charge in [0.05, 0.1) is 5.69 Å². The van der Waals surface area contributed by atoms with Gasteiger partial charge in [-0.05, 0) is 49.8 Å². The highest BCUT2D eigenvalue weighted by Gasteiger charge is 2.39. The molecular formula is C14H19FN2. The first-order chi connectivity index (χ1) is 8.29. The number of benzene rings is 1. The Balaban J connectivity index is 1.96. The summed E-state index contributed by atoms with van der Waals surface area (Å²) in [4.78, 5) is 2.29. The second kappa shape index (κ2) is 4.30. The molecule has 0 aromatic heterocycles. The number of rotatable bonds is 3. The molecule has 3 heteroatoms. The third-order valence-electron chi connectivity index (χ3n) is 4.18. The molecule has 1 heterocycles. The van der Waals surface area contributed by atoms with E-state index in [2.05, 4.69) is 4.90 Å². The largest absolute Gasteiger partial charge is 0.366 e. The van der Waals surface area contributed by atoms with Crippen molar-refractivity contribution in [1.29, 1.82) is 0 Å². The molecule has 0 amide bonds. The maximum Gasteiger partial charge on any atom is 0.146 e. The van der Waals surface area contributed by atoms with Crippen molar-refractivity contribution in [2.75, 3.05) is 18.0 Å². The molecule has 2 N–H and O–H groups in total. The molecular weight excluding hydrogens is 215 g/mol. The molecule has 0 spiro atoms. The molecule has 1 aliphatic carbocycles. The predicted octanol–water partition coefficient (Wildman–Crippen LogP) is 2.32. The average Bonchev–Trinajstić information content (AvgIpc) is 2.91.